The number of halogens is 1. The zero-order valence-corrected chi connectivity index (χ0v) is 16.3. The van der Waals surface area contributed by atoms with Gasteiger partial charge in [-0.2, -0.15) is 0 Å². The van der Waals surface area contributed by atoms with Gasteiger partial charge in [-0.25, -0.2) is 12.8 Å². The second kappa shape index (κ2) is 7.24. The summed E-state index contributed by atoms with van der Waals surface area (Å²) >= 11 is 0. The van der Waals surface area contributed by atoms with Gasteiger partial charge in [0.2, 0.25) is 9.84 Å². The normalized spacial score (nSPS) is 11.7. The molecule has 0 radical (unpaired) electrons. The number of sulfone groups is 1. The maximum atomic E-state index is 13.2. The minimum absolute atomic E-state index is 0.0585. The molecule has 0 saturated carbocycles. The highest BCUT2D eigenvalue weighted by molar-refractivity contribution is 7.91. The first-order chi connectivity index (χ1) is 13.6. The molecular weight excluding hydrogens is 405 g/mol. The molecule has 3 rings (SSSR count). The number of aryl methyl sites for hydroxylation is 2. The molecule has 3 aromatic rings. The Kier molecular flexibility index (Phi) is 5.09. The van der Waals surface area contributed by atoms with E-state index in [0.29, 0.717) is 0 Å². The first-order valence-corrected chi connectivity index (χ1v) is 10.1. The van der Waals surface area contributed by atoms with Crippen molar-refractivity contribution in [3.8, 4) is 0 Å². The summed E-state index contributed by atoms with van der Waals surface area (Å²) in [5.41, 5.74) is -2.32. The fourth-order valence-corrected chi connectivity index (χ4v) is 4.58. The van der Waals surface area contributed by atoms with Crippen LogP contribution in [0.25, 0.3) is 11.0 Å². The van der Waals surface area contributed by atoms with E-state index in [-0.39, 0.29) is 29.0 Å². The smallest absolute Gasteiger partial charge is 0.302 e. The lowest BCUT2D eigenvalue weighted by atomic mass is 10.2. The molecule has 0 aliphatic heterocycles. The first kappa shape index (κ1) is 20.4. The molecule has 29 heavy (non-hydrogen) atoms. The van der Waals surface area contributed by atoms with Crippen LogP contribution in [-0.4, -0.2) is 22.5 Å². The molecule has 0 saturated heterocycles. The van der Waals surface area contributed by atoms with Gasteiger partial charge in [-0.15, -0.1) is 0 Å². The quantitative estimate of drug-likeness (QED) is 0.269. The Morgan fingerprint density at radius 1 is 0.966 bits per heavy atom. The molecule has 9 nitrogen and oxygen atoms in total. The number of nitrogens with zero attached hydrogens (tertiary/aromatic N) is 3. The summed E-state index contributed by atoms with van der Waals surface area (Å²) in [6.07, 6.45) is 0. The lowest BCUT2D eigenvalue weighted by Crippen LogP contribution is -2.41. The number of rotatable bonds is 5. The summed E-state index contributed by atoms with van der Waals surface area (Å²) in [7, 11) is -4.40. The van der Waals surface area contributed by atoms with E-state index in [9.17, 15) is 32.5 Å². The first-order valence-electron chi connectivity index (χ1n) is 8.59. The molecule has 0 aliphatic carbocycles. The van der Waals surface area contributed by atoms with Gasteiger partial charge in [0, 0.05) is 19.2 Å². The number of benzene rings is 2. The van der Waals surface area contributed by atoms with Crippen molar-refractivity contribution in [1.29, 1.82) is 0 Å². The molecular formula is C18H16FN3O6S. The number of nitro groups is 1. The lowest BCUT2D eigenvalue weighted by Gasteiger charge is -2.14. The van der Waals surface area contributed by atoms with Crippen LogP contribution in [0.1, 0.15) is 13.8 Å². The van der Waals surface area contributed by atoms with Crippen LogP contribution < -0.4 is 11.1 Å². The summed E-state index contributed by atoms with van der Waals surface area (Å²) in [6.45, 7) is 3.30. The number of nitro benzene ring substituents is 1. The molecule has 1 heterocycles. The SMILES string of the molecule is CCn1c(=O)c(=O)n(CC)c2cc(S(=O)(=O)c3ccc(F)cc3)c([N+](=O)[O-])cc21. The molecule has 0 spiro atoms. The Labute approximate surface area is 163 Å². The third kappa shape index (κ3) is 3.23. The van der Waals surface area contributed by atoms with E-state index in [0.717, 1.165) is 45.5 Å². The van der Waals surface area contributed by atoms with E-state index in [4.69, 9.17) is 0 Å². The maximum absolute atomic E-state index is 13.2. The molecule has 0 atom stereocenters. The van der Waals surface area contributed by atoms with Gasteiger partial charge in [-0.1, -0.05) is 0 Å². The Balaban J connectivity index is 2.50. The number of hydrogen-bond donors (Lipinski definition) is 0. The van der Waals surface area contributed by atoms with Crippen molar-refractivity contribution in [2.75, 3.05) is 0 Å². The summed E-state index contributed by atoms with van der Waals surface area (Å²) < 4.78 is 41.4. The molecule has 11 heteroatoms. The minimum atomic E-state index is -4.40. The molecule has 1 aromatic heterocycles. The molecule has 152 valence electrons. The summed E-state index contributed by atoms with van der Waals surface area (Å²) in [5, 5.41) is 11.6. The van der Waals surface area contributed by atoms with Crippen LogP contribution in [-0.2, 0) is 22.9 Å². The fraction of sp³-hybridized carbons (Fsp3) is 0.222. The van der Waals surface area contributed by atoms with Crippen LogP contribution >= 0.6 is 0 Å². The molecule has 0 N–H and O–H groups in total. The Hall–Kier alpha value is -3.34. The monoisotopic (exact) mass is 421 g/mol. The van der Waals surface area contributed by atoms with E-state index in [1.807, 2.05) is 0 Å². The second-order valence-corrected chi connectivity index (χ2v) is 8.04. The fourth-order valence-electron chi connectivity index (χ4n) is 3.16. The van der Waals surface area contributed by atoms with Gasteiger partial charge in [0.05, 0.1) is 20.9 Å². The van der Waals surface area contributed by atoms with Crippen LogP contribution in [0.3, 0.4) is 0 Å². The Morgan fingerprint density at radius 2 is 1.45 bits per heavy atom. The topological polar surface area (TPSA) is 121 Å². The van der Waals surface area contributed by atoms with Crippen LogP contribution in [0.2, 0.25) is 0 Å². The van der Waals surface area contributed by atoms with E-state index in [1.54, 1.807) is 13.8 Å². The molecule has 0 aliphatic rings. The third-order valence-corrected chi connectivity index (χ3v) is 6.35. The van der Waals surface area contributed by atoms with Gasteiger partial charge in [-0.3, -0.25) is 19.7 Å². The van der Waals surface area contributed by atoms with Crippen LogP contribution in [0.5, 0.6) is 0 Å². The molecule has 0 bridgehead atoms. The molecule has 0 unspecified atom stereocenters. The van der Waals surface area contributed by atoms with Crippen LogP contribution in [0.4, 0.5) is 10.1 Å². The van der Waals surface area contributed by atoms with Gasteiger partial charge >= 0.3 is 11.1 Å². The van der Waals surface area contributed by atoms with Crippen molar-refractivity contribution in [2.45, 2.75) is 36.7 Å². The highest BCUT2D eigenvalue weighted by atomic mass is 32.2. The molecule has 0 amide bonds. The second-order valence-electron chi connectivity index (χ2n) is 6.12. The average molecular weight is 421 g/mol. The predicted molar refractivity (Wildman–Crippen MR) is 102 cm³/mol. The number of aromatic nitrogens is 2. The van der Waals surface area contributed by atoms with Gasteiger partial charge in [0.1, 0.15) is 5.82 Å². The van der Waals surface area contributed by atoms with Crippen molar-refractivity contribution >= 4 is 26.6 Å². The maximum Gasteiger partial charge on any atom is 0.316 e. The van der Waals surface area contributed by atoms with Gasteiger partial charge in [-0.05, 0) is 44.2 Å². The van der Waals surface area contributed by atoms with Crippen molar-refractivity contribution in [2.24, 2.45) is 0 Å². The van der Waals surface area contributed by atoms with Crippen molar-refractivity contribution in [3.63, 3.8) is 0 Å². The highest BCUT2D eigenvalue weighted by Gasteiger charge is 2.30. The van der Waals surface area contributed by atoms with Crippen molar-refractivity contribution in [3.05, 3.63) is 73.0 Å². The summed E-state index contributed by atoms with van der Waals surface area (Å²) in [6, 6.07) is 5.84. The van der Waals surface area contributed by atoms with Crippen LogP contribution in [0.15, 0.2) is 55.8 Å². The van der Waals surface area contributed by atoms with E-state index in [2.05, 4.69) is 0 Å². The van der Waals surface area contributed by atoms with Gasteiger partial charge < -0.3 is 9.13 Å². The molecule has 2 aromatic carbocycles. The standard InChI is InChI=1S/C18H16FN3O6S/c1-3-20-13-9-15(22(25)26)16(10-14(13)21(4-2)18(24)17(20)23)29(27,28)12-7-5-11(19)6-8-12/h5-10H,3-4H2,1-2H3. The lowest BCUT2D eigenvalue weighted by molar-refractivity contribution is -0.387. The minimum Gasteiger partial charge on any atom is -0.302 e. The van der Waals surface area contributed by atoms with Gasteiger partial charge in [0.25, 0.3) is 5.69 Å². The average Bonchev–Trinajstić information content (AvgIpc) is 2.68. The Morgan fingerprint density at radius 3 is 1.90 bits per heavy atom. The zero-order chi connectivity index (χ0) is 21.5. The highest BCUT2D eigenvalue weighted by Crippen LogP contribution is 2.33. The third-order valence-electron chi connectivity index (χ3n) is 4.55. The number of hydrogen-bond acceptors (Lipinski definition) is 6. The van der Waals surface area contributed by atoms with E-state index in [1.165, 1.54) is 0 Å². The van der Waals surface area contributed by atoms with E-state index < -0.39 is 42.3 Å². The predicted octanol–water partition coefficient (Wildman–Crippen LogP) is 2.08. The van der Waals surface area contributed by atoms with Crippen LogP contribution in [0, 0.1) is 15.9 Å². The largest absolute Gasteiger partial charge is 0.316 e. The van der Waals surface area contributed by atoms with Crippen molar-refractivity contribution in [1.82, 2.24) is 9.13 Å². The molecule has 0 fully saturated rings. The Bertz CT molecular complexity index is 1360. The van der Waals surface area contributed by atoms with Crippen molar-refractivity contribution < 1.29 is 17.7 Å². The van der Waals surface area contributed by atoms with Gasteiger partial charge in [0.15, 0.2) is 4.90 Å². The summed E-state index contributed by atoms with van der Waals surface area (Å²) in [4.78, 5) is 34.5. The zero-order valence-electron chi connectivity index (χ0n) is 15.5. The summed E-state index contributed by atoms with van der Waals surface area (Å²) in [5.74, 6) is -0.663. The number of fused-ring (bicyclic) bond motifs is 1. The van der Waals surface area contributed by atoms with E-state index >= 15 is 0 Å².